The van der Waals surface area contributed by atoms with E-state index in [2.05, 4.69) is 36.4 Å². The summed E-state index contributed by atoms with van der Waals surface area (Å²) in [4.78, 5) is 15.8. The molecule has 1 amide bonds. The molecular formula is C11H11BrN4O2. The molecule has 2 N–H and O–H groups in total. The number of aromatic nitrogens is 3. The molecule has 0 atom stereocenters. The number of hydrogen-bond donors (Lipinski definition) is 2. The van der Waals surface area contributed by atoms with Gasteiger partial charge in [-0.05, 0) is 30.7 Å². The van der Waals surface area contributed by atoms with Crippen LogP contribution in [0.2, 0.25) is 0 Å². The molecule has 94 valence electrons. The number of ether oxygens (including phenoxy) is 1. The molecule has 1 heterocycles. The number of aromatic amines is 1. The van der Waals surface area contributed by atoms with Crippen molar-refractivity contribution in [3.8, 4) is 6.01 Å². The summed E-state index contributed by atoms with van der Waals surface area (Å²) in [5, 5.41) is 8.88. The average molecular weight is 311 g/mol. The molecule has 7 heteroatoms. The lowest BCUT2D eigenvalue weighted by molar-refractivity contribution is 0.102. The minimum Gasteiger partial charge on any atom is -0.466 e. The predicted octanol–water partition coefficient (Wildman–Crippen LogP) is 2.14. The summed E-state index contributed by atoms with van der Waals surface area (Å²) >= 11 is 3.38. The van der Waals surface area contributed by atoms with Gasteiger partial charge in [-0.1, -0.05) is 15.9 Å². The van der Waals surface area contributed by atoms with Gasteiger partial charge < -0.3 is 4.74 Å². The number of hydrogen-bond acceptors (Lipinski definition) is 4. The van der Waals surface area contributed by atoms with Crippen LogP contribution in [0.25, 0.3) is 0 Å². The molecule has 1 aromatic carbocycles. The maximum Gasteiger partial charge on any atom is 0.336 e. The van der Waals surface area contributed by atoms with Crippen LogP contribution in [0.3, 0.4) is 0 Å². The van der Waals surface area contributed by atoms with Crippen molar-refractivity contribution in [2.24, 2.45) is 0 Å². The van der Waals surface area contributed by atoms with Gasteiger partial charge in [0.1, 0.15) is 0 Å². The van der Waals surface area contributed by atoms with Crippen LogP contribution < -0.4 is 10.1 Å². The zero-order chi connectivity index (χ0) is 13.1. The lowest BCUT2D eigenvalue weighted by atomic mass is 10.1. The maximum atomic E-state index is 11.9. The van der Waals surface area contributed by atoms with Crippen molar-refractivity contribution in [1.29, 1.82) is 0 Å². The van der Waals surface area contributed by atoms with Gasteiger partial charge in [-0.25, -0.2) is 5.10 Å². The monoisotopic (exact) mass is 310 g/mol. The van der Waals surface area contributed by atoms with E-state index in [1.807, 2.05) is 13.0 Å². The second-order valence-electron chi connectivity index (χ2n) is 3.59. The van der Waals surface area contributed by atoms with Gasteiger partial charge in [0.2, 0.25) is 5.95 Å². The molecule has 0 fully saturated rings. The normalized spacial score (nSPS) is 10.2. The Morgan fingerprint density at radius 2 is 2.28 bits per heavy atom. The number of methoxy groups -OCH3 is 1. The van der Waals surface area contributed by atoms with E-state index in [9.17, 15) is 4.79 Å². The van der Waals surface area contributed by atoms with Gasteiger partial charge in [0, 0.05) is 10.0 Å². The standard InChI is InChI=1S/C11H11BrN4O2/c1-6-5-7(3-4-8(6)12)9(17)13-10-14-11(18-2)16-15-10/h3-5H,1-2H3,(H2,13,14,15,16,17). The second-order valence-corrected chi connectivity index (χ2v) is 4.44. The summed E-state index contributed by atoms with van der Waals surface area (Å²) < 4.78 is 5.76. The Balaban J connectivity index is 2.14. The van der Waals surface area contributed by atoms with Crippen molar-refractivity contribution in [3.63, 3.8) is 0 Å². The molecule has 0 bridgehead atoms. The first-order valence-corrected chi connectivity index (χ1v) is 5.93. The van der Waals surface area contributed by atoms with Gasteiger partial charge in [0.25, 0.3) is 5.91 Å². The first kappa shape index (κ1) is 12.6. The van der Waals surface area contributed by atoms with Crippen molar-refractivity contribution >= 4 is 27.8 Å². The Labute approximate surface area is 112 Å². The lowest BCUT2D eigenvalue weighted by Crippen LogP contribution is -2.13. The number of anilines is 1. The van der Waals surface area contributed by atoms with Gasteiger partial charge in [-0.15, -0.1) is 5.10 Å². The largest absolute Gasteiger partial charge is 0.466 e. The molecule has 0 spiro atoms. The Bertz CT molecular complexity index is 582. The van der Waals surface area contributed by atoms with Crippen LogP contribution in [0.4, 0.5) is 5.95 Å². The van der Waals surface area contributed by atoms with Gasteiger partial charge in [0.05, 0.1) is 7.11 Å². The highest BCUT2D eigenvalue weighted by molar-refractivity contribution is 9.10. The molecule has 18 heavy (non-hydrogen) atoms. The quantitative estimate of drug-likeness (QED) is 0.910. The number of aryl methyl sites for hydroxylation is 1. The van der Waals surface area contributed by atoms with Crippen molar-refractivity contribution in [2.45, 2.75) is 6.92 Å². The first-order valence-electron chi connectivity index (χ1n) is 5.14. The molecule has 2 rings (SSSR count). The number of carbonyl (C=O) groups is 1. The lowest BCUT2D eigenvalue weighted by Gasteiger charge is -2.03. The van der Waals surface area contributed by atoms with Crippen LogP contribution in [-0.2, 0) is 0 Å². The predicted molar refractivity (Wildman–Crippen MR) is 69.8 cm³/mol. The molecule has 0 aliphatic heterocycles. The minimum absolute atomic E-state index is 0.178. The molecule has 0 unspecified atom stereocenters. The third-order valence-electron chi connectivity index (χ3n) is 2.30. The van der Waals surface area contributed by atoms with Crippen LogP contribution in [0.5, 0.6) is 6.01 Å². The van der Waals surface area contributed by atoms with Gasteiger partial charge in [0.15, 0.2) is 0 Å². The summed E-state index contributed by atoms with van der Waals surface area (Å²) in [5.41, 5.74) is 1.53. The van der Waals surface area contributed by atoms with E-state index in [4.69, 9.17) is 4.74 Å². The van der Waals surface area contributed by atoms with Crippen LogP contribution in [0.15, 0.2) is 22.7 Å². The van der Waals surface area contributed by atoms with Crippen LogP contribution in [0.1, 0.15) is 15.9 Å². The van der Waals surface area contributed by atoms with E-state index in [0.717, 1.165) is 10.0 Å². The van der Waals surface area contributed by atoms with Crippen molar-refractivity contribution < 1.29 is 9.53 Å². The van der Waals surface area contributed by atoms with E-state index >= 15 is 0 Å². The number of halogens is 1. The summed E-state index contributed by atoms with van der Waals surface area (Å²) in [6, 6.07) is 5.51. The molecule has 0 aliphatic rings. The fraction of sp³-hybridized carbons (Fsp3) is 0.182. The SMILES string of the molecule is COc1n[nH]c(NC(=O)c2ccc(Br)c(C)c2)n1. The highest BCUT2D eigenvalue weighted by Crippen LogP contribution is 2.17. The minimum atomic E-state index is -0.260. The molecule has 0 radical (unpaired) electrons. The number of nitrogens with one attached hydrogen (secondary N) is 2. The molecule has 1 aromatic heterocycles. The molecule has 0 saturated carbocycles. The molecule has 0 aliphatic carbocycles. The van der Waals surface area contributed by atoms with Crippen molar-refractivity contribution in [3.05, 3.63) is 33.8 Å². The van der Waals surface area contributed by atoms with Gasteiger partial charge >= 0.3 is 6.01 Å². The van der Waals surface area contributed by atoms with Crippen molar-refractivity contribution in [2.75, 3.05) is 12.4 Å². The molecule has 0 saturated heterocycles. The molecule has 2 aromatic rings. The second kappa shape index (κ2) is 5.18. The van der Waals surface area contributed by atoms with E-state index in [-0.39, 0.29) is 17.9 Å². The third-order valence-corrected chi connectivity index (χ3v) is 3.19. The van der Waals surface area contributed by atoms with E-state index in [1.165, 1.54) is 7.11 Å². The molecular weight excluding hydrogens is 300 g/mol. The van der Waals surface area contributed by atoms with Gasteiger partial charge in [-0.3, -0.25) is 10.1 Å². The number of rotatable bonds is 3. The summed E-state index contributed by atoms with van der Waals surface area (Å²) in [5.74, 6) is -0.0122. The maximum absolute atomic E-state index is 11.9. The smallest absolute Gasteiger partial charge is 0.336 e. The van der Waals surface area contributed by atoms with Crippen molar-refractivity contribution in [1.82, 2.24) is 15.2 Å². The van der Waals surface area contributed by atoms with Crippen LogP contribution in [0, 0.1) is 6.92 Å². The van der Waals surface area contributed by atoms with Crippen LogP contribution >= 0.6 is 15.9 Å². The summed E-state index contributed by atoms with van der Waals surface area (Å²) in [6.45, 7) is 1.92. The molecule has 6 nitrogen and oxygen atoms in total. The topological polar surface area (TPSA) is 79.9 Å². The van der Waals surface area contributed by atoms with Crippen LogP contribution in [-0.4, -0.2) is 28.2 Å². The highest BCUT2D eigenvalue weighted by Gasteiger charge is 2.10. The Kier molecular flexibility index (Phi) is 3.61. The highest BCUT2D eigenvalue weighted by atomic mass is 79.9. The number of benzene rings is 1. The van der Waals surface area contributed by atoms with E-state index < -0.39 is 0 Å². The summed E-state index contributed by atoms with van der Waals surface area (Å²) in [7, 11) is 1.45. The number of nitrogens with zero attached hydrogens (tertiary/aromatic N) is 2. The Hall–Kier alpha value is -1.89. The average Bonchev–Trinajstić information content (AvgIpc) is 2.80. The van der Waals surface area contributed by atoms with E-state index in [0.29, 0.717) is 5.56 Å². The fourth-order valence-corrected chi connectivity index (χ4v) is 1.61. The number of amides is 1. The number of carbonyl (C=O) groups excluding carboxylic acids is 1. The van der Waals surface area contributed by atoms with Gasteiger partial charge in [-0.2, -0.15) is 4.98 Å². The summed E-state index contributed by atoms with van der Waals surface area (Å²) in [6.07, 6.45) is 0. The number of H-pyrrole nitrogens is 1. The fourth-order valence-electron chi connectivity index (χ4n) is 1.36. The zero-order valence-electron chi connectivity index (χ0n) is 9.82. The Morgan fingerprint density at radius 3 is 2.89 bits per heavy atom. The first-order chi connectivity index (χ1) is 8.60. The van der Waals surface area contributed by atoms with E-state index in [1.54, 1.807) is 12.1 Å². The third kappa shape index (κ3) is 2.67. The zero-order valence-corrected chi connectivity index (χ0v) is 11.4. The Morgan fingerprint density at radius 1 is 1.50 bits per heavy atom.